The Balaban J connectivity index is 2.74. The van der Waals surface area contributed by atoms with Crippen molar-refractivity contribution < 1.29 is 9.53 Å². The molecular formula is C12H19NO2. The molecule has 0 amide bonds. The molecule has 0 saturated heterocycles. The minimum Gasteiger partial charge on any atom is -0.466 e. The molecule has 0 atom stereocenters. The van der Waals surface area contributed by atoms with Crippen molar-refractivity contribution in [2.75, 3.05) is 6.61 Å². The van der Waals surface area contributed by atoms with E-state index in [4.69, 9.17) is 4.74 Å². The maximum Gasteiger partial charge on any atom is 0.311 e. The zero-order valence-corrected chi connectivity index (χ0v) is 9.75. The largest absolute Gasteiger partial charge is 0.466 e. The summed E-state index contributed by atoms with van der Waals surface area (Å²) < 4.78 is 7.04. The van der Waals surface area contributed by atoms with Gasteiger partial charge in [0.2, 0.25) is 0 Å². The van der Waals surface area contributed by atoms with Gasteiger partial charge in [0.15, 0.2) is 0 Å². The van der Waals surface area contributed by atoms with Crippen molar-refractivity contribution in [1.29, 1.82) is 0 Å². The number of carbonyl (C=O) groups excluding carboxylic acids is 1. The van der Waals surface area contributed by atoms with Gasteiger partial charge in [-0.25, -0.2) is 0 Å². The third-order valence-electron chi connectivity index (χ3n) is 2.42. The second-order valence-corrected chi connectivity index (χ2v) is 3.46. The summed E-state index contributed by atoms with van der Waals surface area (Å²) in [5.74, 6) is -0.145. The summed E-state index contributed by atoms with van der Waals surface area (Å²) in [6.07, 6.45) is 3.49. The molecule has 15 heavy (non-hydrogen) atoms. The Bertz CT molecular complexity index is 328. The van der Waals surface area contributed by atoms with Crippen LogP contribution < -0.4 is 0 Å². The molecular weight excluding hydrogens is 190 g/mol. The molecule has 1 aromatic heterocycles. The third kappa shape index (κ3) is 3.11. The van der Waals surface area contributed by atoms with E-state index in [-0.39, 0.29) is 5.97 Å². The molecule has 0 spiro atoms. The van der Waals surface area contributed by atoms with Crippen molar-refractivity contribution in [3.8, 4) is 0 Å². The Hall–Kier alpha value is -1.25. The first kappa shape index (κ1) is 11.8. The van der Waals surface area contributed by atoms with Crippen LogP contribution in [0.2, 0.25) is 0 Å². The standard InChI is InChI=1S/C12H19NO2/c1-4-10-7-11(13(5-2)9-10)8-12(14)15-6-3/h7,9H,4-6,8H2,1-3H3. The van der Waals surface area contributed by atoms with E-state index in [9.17, 15) is 4.79 Å². The van der Waals surface area contributed by atoms with Gasteiger partial charge >= 0.3 is 5.97 Å². The molecule has 0 aliphatic heterocycles. The van der Waals surface area contributed by atoms with E-state index < -0.39 is 0 Å². The number of carbonyl (C=O) groups is 1. The van der Waals surface area contributed by atoms with Crippen LogP contribution >= 0.6 is 0 Å². The molecule has 0 radical (unpaired) electrons. The molecule has 1 aromatic rings. The van der Waals surface area contributed by atoms with Crippen molar-refractivity contribution in [3.05, 3.63) is 23.5 Å². The lowest BCUT2D eigenvalue weighted by Crippen LogP contribution is -2.10. The van der Waals surface area contributed by atoms with Gasteiger partial charge < -0.3 is 9.30 Å². The Morgan fingerprint density at radius 1 is 1.40 bits per heavy atom. The summed E-state index contributed by atoms with van der Waals surface area (Å²) >= 11 is 0. The van der Waals surface area contributed by atoms with E-state index >= 15 is 0 Å². The van der Waals surface area contributed by atoms with Crippen LogP contribution in [0.15, 0.2) is 12.3 Å². The van der Waals surface area contributed by atoms with Crippen LogP contribution in [-0.2, 0) is 28.9 Å². The summed E-state index contributed by atoms with van der Waals surface area (Å²) in [5.41, 5.74) is 2.32. The van der Waals surface area contributed by atoms with Crippen molar-refractivity contribution in [3.63, 3.8) is 0 Å². The van der Waals surface area contributed by atoms with Gasteiger partial charge in [-0.2, -0.15) is 0 Å². The highest BCUT2D eigenvalue weighted by molar-refractivity contribution is 5.72. The lowest BCUT2D eigenvalue weighted by Gasteiger charge is -2.05. The summed E-state index contributed by atoms with van der Waals surface area (Å²) in [5, 5.41) is 0. The minimum atomic E-state index is -0.145. The van der Waals surface area contributed by atoms with Gasteiger partial charge in [-0.05, 0) is 31.9 Å². The molecule has 0 aliphatic carbocycles. The number of hydrogen-bond donors (Lipinski definition) is 0. The molecule has 1 heterocycles. The Labute approximate surface area is 91.0 Å². The number of ether oxygens (including phenoxy) is 1. The van der Waals surface area contributed by atoms with E-state index in [2.05, 4.69) is 30.7 Å². The highest BCUT2D eigenvalue weighted by Gasteiger charge is 2.09. The van der Waals surface area contributed by atoms with Gasteiger partial charge in [-0.3, -0.25) is 4.79 Å². The van der Waals surface area contributed by atoms with Crippen LogP contribution in [0.4, 0.5) is 0 Å². The third-order valence-corrected chi connectivity index (χ3v) is 2.42. The maximum absolute atomic E-state index is 11.3. The first-order valence-corrected chi connectivity index (χ1v) is 5.54. The Morgan fingerprint density at radius 3 is 2.67 bits per heavy atom. The highest BCUT2D eigenvalue weighted by Crippen LogP contribution is 2.10. The lowest BCUT2D eigenvalue weighted by atomic mass is 10.2. The van der Waals surface area contributed by atoms with Gasteiger partial charge in [0.05, 0.1) is 13.0 Å². The molecule has 1 rings (SSSR count). The first-order chi connectivity index (χ1) is 7.21. The topological polar surface area (TPSA) is 31.2 Å². The van der Waals surface area contributed by atoms with E-state index in [1.165, 1.54) is 5.56 Å². The predicted molar refractivity (Wildman–Crippen MR) is 59.8 cm³/mol. The smallest absolute Gasteiger partial charge is 0.311 e. The van der Waals surface area contributed by atoms with Crippen molar-refractivity contribution >= 4 is 5.97 Å². The molecule has 0 fully saturated rings. The molecule has 84 valence electrons. The molecule has 0 unspecified atom stereocenters. The van der Waals surface area contributed by atoms with Crippen LogP contribution in [-0.4, -0.2) is 17.1 Å². The quantitative estimate of drug-likeness (QED) is 0.696. The normalized spacial score (nSPS) is 10.3. The molecule has 0 N–H and O–H groups in total. The number of hydrogen-bond acceptors (Lipinski definition) is 2. The van der Waals surface area contributed by atoms with Gasteiger partial charge in [-0.1, -0.05) is 6.92 Å². The zero-order chi connectivity index (χ0) is 11.3. The molecule has 0 saturated carbocycles. The zero-order valence-electron chi connectivity index (χ0n) is 9.75. The fraction of sp³-hybridized carbons (Fsp3) is 0.583. The van der Waals surface area contributed by atoms with Crippen LogP contribution in [0.5, 0.6) is 0 Å². The van der Waals surface area contributed by atoms with Crippen molar-refractivity contribution in [2.24, 2.45) is 0 Å². The van der Waals surface area contributed by atoms with E-state index in [0.29, 0.717) is 13.0 Å². The summed E-state index contributed by atoms with van der Waals surface area (Å²) in [6, 6.07) is 2.08. The van der Waals surface area contributed by atoms with E-state index in [1.807, 2.05) is 6.92 Å². The van der Waals surface area contributed by atoms with Crippen LogP contribution in [0.1, 0.15) is 32.0 Å². The van der Waals surface area contributed by atoms with Gasteiger partial charge in [-0.15, -0.1) is 0 Å². The fourth-order valence-electron chi connectivity index (χ4n) is 1.62. The Morgan fingerprint density at radius 2 is 2.13 bits per heavy atom. The van der Waals surface area contributed by atoms with E-state index in [0.717, 1.165) is 18.7 Å². The lowest BCUT2D eigenvalue weighted by molar-refractivity contribution is -0.142. The van der Waals surface area contributed by atoms with Crippen molar-refractivity contribution in [1.82, 2.24) is 4.57 Å². The molecule has 3 nitrogen and oxygen atoms in total. The molecule has 0 aliphatic rings. The molecule has 3 heteroatoms. The first-order valence-electron chi connectivity index (χ1n) is 5.54. The average molecular weight is 209 g/mol. The van der Waals surface area contributed by atoms with Crippen LogP contribution in [0, 0.1) is 0 Å². The summed E-state index contributed by atoms with van der Waals surface area (Å²) in [7, 11) is 0. The predicted octanol–water partition coefficient (Wildman–Crippen LogP) is 2.18. The Kier molecular flexibility index (Phi) is 4.40. The summed E-state index contributed by atoms with van der Waals surface area (Å²) in [6.45, 7) is 7.37. The summed E-state index contributed by atoms with van der Waals surface area (Å²) in [4.78, 5) is 11.3. The number of nitrogens with zero attached hydrogens (tertiary/aromatic N) is 1. The number of rotatable bonds is 5. The van der Waals surface area contributed by atoms with E-state index in [1.54, 1.807) is 0 Å². The SMILES string of the molecule is CCOC(=O)Cc1cc(CC)cn1CC. The fourth-order valence-corrected chi connectivity index (χ4v) is 1.62. The highest BCUT2D eigenvalue weighted by atomic mass is 16.5. The van der Waals surface area contributed by atoms with Gasteiger partial charge in [0, 0.05) is 18.4 Å². The van der Waals surface area contributed by atoms with Crippen molar-refractivity contribution in [2.45, 2.75) is 40.2 Å². The second-order valence-electron chi connectivity index (χ2n) is 3.46. The minimum absolute atomic E-state index is 0.145. The monoisotopic (exact) mass is 209 g/mol. The van der Waals surface area contributed by atoms with Crippen LogP contribution in [0.25, 0.3) is 0 Å². The van der Waals surface area contributed by atoms with Gasteiger partial charge in [0.25, 0.3) is 0 Å². The van der Waals surface area contributed by atoms with Gasteiger partial charge in [0.1, 0.15) is 0 Å². The average Bonchev–Trinajstić information content (AvgIpc) is 2.60. The number of aryl methyl sites for hydroxylation is 2. The molecule has 0 bridgehead atoms. The van der Waals surface area contributed by atoms with Crippen LogP contribution in [0.3, 0.4) is 0 Å². The number of aromatic nitrogens is 1. The molecule has 0 aromatic carbocycles. The number of esters is 1. The second kappa shape index (κ2) is 5.59. The maximum atomic E-state index is 11.3.